The summed E-state index contributed by atoms with van der Waals surface area (Å²) < 4.78 is 0.294. The molecular weight excluding hydrogens is 330 g/mol. The van der Waals surface area contributed by atoms with Crippen LogP contribution in [0.5, 0.6) is 0 Å². The van der Waals surface area contributed by atoms with Crippen molar-refractivity contribution in [2.24, 2.45) is 0 Å². The van der Waals surface area contributed by atoms with Crippen molar-refractivity contribution in [1.29, 1.82) is 0 Å². The number of allylic oxidation sites excluding steroid dienone is 2. The number of carboxylic acid groups (broad SMARTS) is 1. The van der Waals surface area contributed by atoms with Crippen LogP contribution >= 0.6 is 24.0 Å². The number of hydrogen-bond acceptors (Lipinski definition) is 4. The molecule has 0 spiro atoms. The Balaban J connectivity index is 2.25. The molecule has 1 fully saturated rings. The molecular formula is C17H17NO3S2. The number of thiocarbonyl (C=S) groups is 1. The first-order valence-corrected chi connectivity index (χ1v) is 8.39. The van der Waals surface area contributed by atoms with Crippen molar-refractivity contribution in [2.75, 3.05) is 0 Å². The minimum absolute atomic E-state index is 0.294. The van der Waals surface area contributed by atoms with Gasteiger partial charge in [0.05, 0.1) is 4.91 Å². The Morgan fingerprint density at radius 3 is 2.61 bits per heavy atom. The molecule has 23 heavy (non-hydrogen) atoms. The maximum atomic E-state index is 12.5. The zero-order chi connectivity index (χ0) is 17.0. The van der Waals surface area contributed by atoms with Gasteiger partial charge in [0.1, 0.15) is 10.4 Å². The van der Waals surface area contributed by atoms with Crippen molar-refractivity contribution >= 4 is 46.3 Å². The molecule has 2 rings (SSSR count). The smallest absolute Gasteiger partial charge is 0.326 e. The standard InChI is InChI=1S/C17H17NO3S2/c1-3-13(16(20)21)18-15(19)14(23-17(18)22)10-11(2)9-12-7-5-4-6-8-12/h4-10,13H,3H2,1-2H3,(H,20,21)/t13-/m1/s1. The summed E-state index contributed by atoms with van der Waals surface area (Å²) in [7, 11) is 0. The molecule has 0 saturated carbocycles. The normalized spacial score (nSPS) is 18.6. The number of thioether (sulfide) groups is 1. The molecule has 1 aliphatic rings. The third-order valence-corrected chi connectivity index (χ3v) is 4.69. The van der Waals surface area contributed by atoms with Gasteiger partial charge in [-0.2, -0.15) is 0 Å². The predicted octanol–water partition coefficient (Wildman–Crippen LogP) is 3.70. The number of rotatable bonds is 5. The monoisotopic (exact) mass is 347 g/mol. The topological polar surface area (TPSA) is 57.6 Å². The summed E-state index contributed by atoms with van der Waals surface area (Å²) in [5, 5.41) is 9.24. The third-order valence-electron chi connectivity index (χ3n) is 3.36. The Labute approximate surface area is 144 Å². The highest BCUT2D eigenvalue weighted by atomic mass is 32.2. The van der Waals surface area contributed by atoms with E-state index in [1.807, 2.05) is 43.3 Å². The zero-order valence-corrected chi connectivity index (χ0v) is 14.5. The summed E-state index contributed by atoms with van der Waals surface area (Å²) in [4.78, 5) is 25.4. The van der Waals surface area contributed by atoms with Gasteiger partial charge in [0.2, 0.25) is 0 Å². The quantitative estimate of drug-likeness (QED) is 0.650. The fraction of sp³-hybridized carbons (Fsp3) is 0.235. The molecule has 0 radical (unpaired) electrons. The van der Waals surface area contributed by atoms with Crippen LogP contribution in [-0.4, -0.2) is 32.2 Å². The van der Waals surface area contributed by atoms with Crippen molar-refractivity contribution in [3.05, 3.63) is 52.4 Å². The summed E-state index contributed by atoms with van der Waals surface area (Å²) >= 11 is 6.33. The van der Waals surface area contributed by atoms with Gasteiger partial charge in [-0.05, 0) is 30.6 Å². The van der Waals surface area contributed by atoms with Gasteiger partial charge in [-0.3, -0.25) is 9.69 Å². The summed E-state index contributed by atoms with van der Waals surface area (Å²) in [6.45, 7) is 3.62. The van der Waals surface area contributed by atoms with Crippen LogP contribution in [0.4, 0.5) is 0 Å². The summed E-state index contributed by atoms with van der Waals surface area (Å²) in [5.74, 6) is -1.38. The lowest BCUT2D eigenvalue weighted by Crippen LogP contribution is -2.43. The molecule has 1 N–H and O–H groups in total. The van der Waals surface area contributed by atoms with Crippen molar-refractivity contribution in [2.45, 2.75) is 26.3 Å². The molecule has 1 aromatic rings. The highest BCUT2D eigenvalue weighted by Gasteiger charge is 2.39. The summed E-state index contributed by atoms with van der Waals surface area (Å²) in [6, 6.07) is 8.86. The van der Waals surface area contributed by atoms with Gasteiger partial charge in [0.15, 0.2) is 0 Å². The minimum Gasteiger partial charge on any atom is -0.480 e. The number of amides is 1. The number of carbonyl (C=O) groups is 2. The second-order valence-corrected chi connectivity index (χ2v) is 6.79. The van der Waals surface area contributed by atoms with Gasteiger partial charge in [0, 0.05) is 0 Å². The number of benzene rings is 1. The molecule has 4 nitrogen and oxygen atoms in total. The average molecular weight is 347 g/mol. The van der Waals surface area contributed by atoms with Gasteiger partial charge >= 0.3 is 5.97 Å². The number of nitrogens with zero attached hydrogens (tertiary/aromatic N) is 1. The average Bonchev–Trinajstić information content (AvgIpc) is 2.76. The van der Waals surface area contributed by atoms with E-state index >= 15 is 0 Å². The highest BCUT2D eigenvalue weighted by Crippen LogP contribution is 2.34. The van der Waals surface area contributed by atoms with E-state index in [4.69, 9.17) is 12.2 Å². The predicted molar refractivity (Wildman–Crippen MR) is 96.9 cm³/mol. The third kappa shape index (κ3) is 4.09. The number of aliphatic carboxylic acids is 1. The van der Waals surface area contributed by atoms with Gasteiger partial charge in [-0.25, -0.2) is 4.79 Å². The second kappa shape index (κ2) is 7.57. The van der Waals surface area contributed by atoms with E-state index in [0.29, 0.717) is 15.6 Å². The molecule has 0 aromatic heterocycles. The lowest BCUT2D eigenvalue weighted by atomic mass is 10.1. The Morgan fingerprint density at radius 1 is 1.39 bits per heavy atom. The van der Waals surface area contributed by atoms with Gasteiger partial charge in [0.25, 0.3) is 5.91 Å². The molecule has 1 amide bonds. The Bertz CT molecular complexity index is 695. The van der Waals surface area contributed by atoms with Crippen LogP contribution in [0.15, 0.2) is 46.9 Å². The Hall–Kier alpha value is -1.92. The van der Waals surface area contributed by atoms with E-state index in [1.54, 1.807) is 13.0 Å². The molecule has 1 atom stereocenters. The number of carboxylic acids is 1. The van der Waals surface area contributed by atoms with E-state index in [1.165, 1.54) is 4.90 Å². The first-order valence-electron chi connectivity index (χ1n) is 7.17. The van der Waals surface area contributed by atoms with Crippen molar-refractivity contribution in [3.8, 4) is 0 Å². The van der Waals surface area contributed by atoms with Crippen LogP contribution in [0.25, 0.3) is 6.08 Å². The molecule has 120 valence electrons. The fourth-order valence-electron chi connectivity index (χ4n) is 2.28. The maximum Gasteiger partial charge on any atom is 0.326 e. The lowest BCUT2D eigenvalue weighted by Gasteiger charge is -2.21. The van der Waals surface area contributed by atoms with Gasteiger partial charge < -0.3 is 5.11 Å². The molecule has 0 unspecified atom stereocenters. The van der Waals surface area contributed by atoms with E-state index < -0.39 is 12.0 Å². The van der Waals surface area contributed by atoms with E-state index in [0.717, 1.165) is 22.9 Å². The largest absolute Gasteiger partial charge is 0.480 e. The molecule has 1 aliphatic heterocycles. The van der Waals surface area contributed by atoms with E-state index in [-0.39, 0.29) is 5.91 Å². The minimum atomic E-state index is -1.04. The molecule has 6 heteroatoms. The zero-order valence-electron chi connectivity index (χ0n) is 12.9. The van der Waals surface area contributed by atoms with Crippen LogP contribution in [0.1, 0.15) is 25.8 Å². The van der Waals surface area contributed by atoms with Crippen LogP contribution in [-0.2, 0) is 9.59 Å². The van der Waals surface area contributed by atoms with Crippen LogP contribution in [0, 0.1) is 0 Å². The fourth-order valence-corrected chi connectivity index (χ4v) is 3.68. The molecule has 1 aromatic carbocycles. The highest BCUT2D eigenvalue weighted by molar-refractivity contribution is 8.26. The molecule has 0 aliphatic carbocycles. The van der Waals surface area contributed by atoms with E-state index in [9.17, 15) is 14.7 Å². The molecule has 0 bridgehead atoms. The molecule has 1 heterocycles. The van der Waals surface area contributed by atoms with Crippen molar-refractivity contribution in [3.63, 3.8) is 0 Å². The van der Waals surface area contributed by atoms with E-state index in [2.05, 4.69) is 0 Å². The van der Waals surface area contributed by atoms with Crippen LogP contribution < -0.4 is 0 Å². The second-order valence-electron chi connectivity index (χ2n) is 5.11. The first kappa shape index (κ1) is 17.4. The number of hydrogen-bond donors (Lipinski definition) is 1. The Morgan fingerprint density at radius 2 is 2.04 bits per heavy atom. The lowest BCUT2D eigenvalue weighted by molar-refractivity contribution is -0.145. The van der Waals surface area contributed by atoms with Crippen molar-refractivity contribution in [1.82, 2.24) is 4.90 Å². The first-order chi connectivity index (χ1) is 10.9. The maximum absolute atomic E-state index is 12.5. The van der Waals surface area contributed by atoms with Gasteiger partial charge in [-0.1, -0.05) is 67.3 Å². The number of carbonyl (C=O) groups excluding carboxylic acids is 1. The SMILES string of the molecule is CC[C@H](C(=O)O)N1C(=O)C(=CC(C)=Cc2ccccc2)SC1=S. The van der Waals surface area contributed by atoms with Crippen LogP contribution in [0.3, 0.4) is 0 Å². The summed E-state index contributed by atoms with van der Waals surface area (Å²) in [6.07, 6.45) is 4.02. The molecule has 1 saturated heterocycles. The van der Waals surface area contributed by atoms with Crippen molar-refractivity contribution < 1.29 is 14.7 Å². The van der Waals surface area contributed by atoms with Gasteiger partial charge in [-0.15, -0.1) is 0 Å². The van der Waals surface area contributed by atoms with Crippen LogP contribution in [0.2, 0.25) is 0 Å². The summed E-state index contributed by atoms with van der Waals surface area (Å²) in [5.41, 5.74) is 1.94. The Kier molecular flexibility index (Phi) is 5.74.